The summed E-state index contributed by atoms with van der Waals surface area (Å²) in [6.45, 7) is 12.7. The predicted octanol–water partition coefficient (Wildman–Crippen LogP) is 6.65. The van der Waals surface area contributed by atoms with Gasteiger partial charge < -0.3 is 44.0 Å². The zero-order valence-electron chi connectivity index (χ0n) is 41.0. The van der Waals surface area contributed by atoms with Crippen LogP contribution < -0.4 is 0 Å². The number of cyclic esters (lactones) is 1. The van der Waals surface area contributed by atoms with E-state index in [1.165, 1.54) is 12.0 Å². The lowest BCUT2D eigenvalue weighted by Crippen LogP contribution is -2.61. The normalized spacial score (nSPS) is 39.5. The molecule has 14 atom stereocenters. The van der Waals surface area contributed by atoms with Crippen LogP contribution in [-0.2, 0) is 47.7 Å². The number of Topliss-reactive ketones (excluding diaryl/α,β-unsaturated/α-hetero) is 3. The first kappa shape index (κ1) is 54.7. The van der Waals surface area contributed by atoms with Gasteiger partial charge in [0, 0.05) is 58.5 Å². The van der Waals surface area contributed by atoms with Crippen LogP contribution in [0.1, 0.15) is 126 Å². The Morgan fingerprint density at radius 3 is 2.26 bits per heavy atom. The van der Waals surface area contributed by atoms with Gasteiger partial charge in [-0.25, -0.2) is 4.79 Å². The fourth-order valence-electron chi connectivity index (χ4n) is 10.1. The zero-order valence-corrected chi connectivity index (χ0v) is 41.0. The van der Waals surface area contributed by atoms with Gasteiger partial charge in [0.25, 0.3) is 11.7 Å². The zero-order chi connectivity index (χ0) is 48.9. The average molecular weight is 927 g/mol. The summed E-state index contributed by atoms with van der Waals surface area (Å²) in [5.74, 6) is -8.08. The number of esters is 1. The maximum atomic E-state index is 14.4. The fourth-order valence-corrected chi connectivity index (χ4v) is 10.1. The second-order valence-corrected chi connectivity index (χ2v) is 19.5. The van der Waals surface area contributed by atoms with Gasteiger partial charge in [0.15, 0.2) is 5.78 Å². The lowest BCUT2D eigenvalue weighted by atomic mass is 9.78. The van der Waals surface area contributed by atoms with Crippen molar-refractivity contribution in [3.63, 3.8) is 0 Å². The van der Waals surface area contributed by atoms with Crippen molar-refractivity contribution in [3.05, 3.63) is 47.6 Å². The molecule has 3 fully saturated rings. The van der Waals surface area contributed by atoms with Gasteiger partial charge in [0.05, 0.1) is 24.0 Å². The van der Waals surface area contributed by atoms with Gasteiger partial charge in [-0.15, -0.1) is 0 Å². The highest BCUT2D eigenvalue weighted by molar-refractivity contribution is 6.39. The molecular formula is C51H78N2O13. The van der Waals surface area contributed by atoms with Crippen LogP contribution in [-0.4, -0.2) is 132 Å². The molecule has 1 aliphatic carbocycles. The van der Waals surface area contributed by atoms with E-state index in [4.69, 9.17) is 23.7 Å². The molecule has 0 aromatic carbocycles. The monoisotopic (exact) mass is 927 g/mol. The Kier molecular flexibility index (Phi) is 21.1. The smallest absolute Gasteiger partial charge is 0.329 e. The first-order chi connectivity index (χ1) is 31.3. The van der Waals surface area contributed by atoms with Crippen LogP contribution in [0.4, 0.5) is 0 Å². The van der Waals surface area contributed by atoms with Crippen molar-refractivity contribution < 1.29 is 63.1 Å². The number of methoxy groups -OCH3 is 3. The van der Waals surface area contributed by atoms with Crippen LogP contribution in [0.3, 0.4) is 0 Å². The van der Waals surface area contributed by atoms with Crippen molar-refractivity contribution in [2.75, 3.05) is 27.9 Å². The summed E-state index contributed by atoms with van der Waals surface area (Å²) >= 11 is 0. The topological polar surface area (TPSA) is 208 Å². The lowest BCUT2D eigenvalue weighted by molar-refractivity contribution is -0.265. The number of oxime groups is 1. The van der Waals surface area contributed by atoms with Crippen LogP contribution in [0.25, 0.3) is 0 Å². The standard InChI is InChI=1S/C51H78N2O13/c1-30-16-12-11-13-17-31(2)42(62-8)28-38-21-19-36(7)51(60,66-38)48(57)49(58)53-23-15-14-18-40(53)50(59)65-43(33(4)26-37-20-22-39(52-61)44(27-37)63-9)29-41(54)32(3)25-35(6)46(56)47(64-10)45(55)34(5)24-30/h11-13,16-17,25,30,32-34,36-38,40,42-44,46-47,56,60-61H,14-15,18-24,26-29H2,1-10H3/b13-11+,16-12+,31-17+,35-25+,52-39-/t30-,32-,33-,34-,36-,37+,38+,40+,42+,43+,44-,46-,47+,51-/m1/s1. The minimum Gasteiger partial charge on any atom is -0.460 e. The highest BCUT2D eigenvalue weighted by atomic mass is 16.6. The molecule has 66 heavy (non-hydrogen) atoms. The maximum absolute atomic E-state index is 14.4. The van der Waals surface area contributed by atoms with E-state index in [0.29, 0.717) is 75.5 Å². The van der Waals surface area contributed by atoms with E-state index in [1.54, 1.807) is 41.1 Å². The highest BCUT2D eigenvalue weighted by Crippen LogP contribution is 2.37. The molecule has 0 aromatic heterocycles. The molecular weight excluding hydrogens is 849 g/mol. The van der Waals surface area contributed by atoms with Gasteiger partial charge in [-0.3, -0.25) is 19.2 Å². The summed E-state index contributed by atoms with van der Waals surface area (Å²) in [5, 5.41) is 36.3. The Bertz CT molecular complexity index is 1840. The number of aliphatic hydroxyl groups excluding tert-OH is 1. The van der Waals surface area contributed by atoms with Crippen LogP contribution in [0.5, 0.6) is 0 Å². The first-order valence-corrected chi connectivity index (χ1v) is 24.0. The molecule has 0 spiro atoms. The highest BCUT2D eigenvalue weighted by Gasteiger charge is 2.53. The van der Waals surface area contributed by atoms with Crippen LogP contribution in [0, 0.1) is 35.5 Å². The second kappa shape index (κ2) is 25.5. The number of allylic oxidation sites excluding steroid dienone is 6. The molecule has 3 aliphatic heterocycles. The van der Waals surface area contributed by atoms with E-state index >= 15 is 0 Å². The number of ketones is 3. The third kappa shape index (κ3) is 14.1. The SMILES string of the molecule is CO[C@H]1C[C@@H]2CC[C@@H](C)[C@@](O)(O2)C(=O)C(=O)N2CCCC[C@H]2C(=O)O[C@H]([C@H](C)C[C@@H]2CC/C(=N/O)[C@H](OC)C2)CC(=O)[C@H](C)/C=C(\C)[C@@H](O)[C@@H](OC)C(=O)[C@H](C)C[C@H](C)/C=C/C=C/C=C/1C. The van der Waals surface area contributed by atoms with E-state index in [9.17, 15) is 39.4 Å². The molecule has 1 saturated carbocycles. The second-order valence-electron chi connectivity index (χ2n) is 19.5. The minimum atomic E-state index is -2.43. The molecule has 15 heteroatoms. The summed E-state index contributed by atoms with van der Waals surface area (Å²) in [5.41, 5.74) is 1.81. The average Bonchev–Trinajstić information content (AvgIpc) is 3.30. The van der Waals surface area contributed by atoms with Crippen LogP contribution >= 0.6 is 0 Å². The Morgan fingerprint density at radius 2 is 1.59 bits per heavy atom. The van der Waals surface area contributed by atoms with Crippen LogP contribution in [0.2, 0.25) is 0 Å². The molecule has 0 unspecified atom stereocenters. The molecule has 2 saturated heterocycles. The molecule has 370 valence electrons. The summed E-state index contributed by atoms with van der Waals surface area (Å²) in [6.07, 6.45) is 11.5. The van der Waals surface area contributed by atoms with Gasteiger partial charge in [-0.2, -0.15) is 0 Å². The molecule has 2 bridgehead atoms. The number of nitrogens with zero attached hydrogens (tertiary/aromatic N) is 2. The van der Waals surface area contributed by atoms with Gasteiger partial charge in [-0.05, 0) is 107 Å². The van der Waals surface area contributed by atoms with Gasteiger partial charge in [-0.1, -0.05) is 76.2 Å². The van der Waals surface area contributed by atoms with Crippen LogP contribution in [0.15, 0.2) is 52.8 Å². The number of amides is 1. The van der Waals surface area contributed by atoms with E-state index in [2.05, 4.69) is 5.16 Å². The number of hydrogen-bond acceptors (Lipinski definition) is 14. The largest absolute Gasteiger partial charge is 0.460 e. The van der Waals surface area contributed by atoms with E-state index in [-0.39, 0.29) is 54.8 Å². The van der Waals surface area contributed by atoms with E-state index in [0.717, 1.165) is 5.57 Å². The van der Waals surface area contributed by atoms with Crippen molar-refractivity contribution in [2.45, 2.75) is 174 Å². The van der Waals surface area contributed by atoms with Crippen molar-refractivity contribution in [2.24, 2.45) is 40.7 Å². The number of piperidine rings is 1. The number of ether oxygens (including phenoxy) is 5. The van der Waals surface area contributed by atoms with E-state index < -0.39 is 77.8 Å². The fraction of sp³-hybridized carbons (Fsp3) is 0.725. The first-order valence-electron chi connectivity index (χ1n) is 24.0. The number of aliphatic hydroxyl groups is 2. The molecule has 0 radical (unpaired) electrons. The predicted molar refractivity (Wildman–Crippen MR) is 248 cm³/mol. The van der Waals surface area contributed by atoms with Crippen molar-refractivity contribution in [3.8, 4) is 0 Å². The Hall–Kier alpha value is -3.86. The maximum Gasteiger partial charge on any atom is 0.329 e. The number of rotatable bonds is 6. The Labute approximate surface area is 392 Å². The Morgan fingerprint density at radius 1 is 0.879 bits per heavy atom. The van der Waals surface area contributed by atoms with Crippen molar-refractivity contribution in [1.82, 2.24) is 4.90 Å². The quantitative estimate of drug-likeness (QED) is 0.0840. The minimum absolute atomic E-state index is 0.0149. The molecule has 4 aliphatic rings. The summed E-state index contributed by atoms with van der Waals surface area (Å²) in [7, 11) is 4.50. The third-order valence-corrected chi connectivity index (χ3v) is 14.5. The molecule has 1 amide bonds. The number of carbonyl (C=O) groups excluding carboxylic acids is 5. The number of hydrogen-bond donors (Lipinski definition) is 3. The summed E-state index contributed by atoms with van der Waals surface area (Å²) in [6, 6.07) is -1.15. The van der Waals surface area contributed by atoms with Crippen molar-refractivity contribution in [1.29, 1.82) is 0 Å². The van der Waals surface area contributed by atoms with Gasteiger partial charge in [0.2, 0.25) is 5.79 Å². The van der Waals surface area contributed by atoms with Gasteiger partial charge in [0.1, 0.15) is 30.1 Å². The third-order valence-electron chi connectivity index (χ3n) is 14.5. The number of carbonyl (C=O) groups is 5. The Balaban J connectivity index is 1.71. The molecule has 15 nitrogen and oxygen atoms in total. The number of fused-ring (bicyclic) bond motifs is 3. The van der Waals surface area contributed by atoms with E-state index in [1.807, 2.05) is 58.1 Å². The summed E-state index contributed by atoms with van der Waals surface area (Å²) in [4.78, 5) is 71.9. The molecule has 0 aromatic rings. The lowest BCUT2D eigenvalue weighted by Gasteiger charge is -2.42. The van der Waals surface area contributed by atoms with Gasteiger partial charge >= 0.3 is 5.97 Å². The molecule has 4 rings (SSSR count). The molecule has 3 N–H and O–H groups in total. The molecule has 3 heterocycles. The van der Waals surface area contributed by atoms with Crippen molar-refractivity contribution >= 4 is 34.9 Å². The summed E-state index contributed by atoms with van der Waals surface area (Å²) < 4.78 is 29.4.